The van der Waals surface area contributed by atoms with Crippen molar-refractivity contribution < 1.29 is 4.42 Å². The fourth-order valence-corrected chi connectivity index (χ4v) is 1.85. The maximum Gasteiger partial charge on any atom is 0.419 e. The number of fused-ring (bicyclic) bond motifs is 1. The van der Waals surface area contributed by atoms with Gasteiger partial charge in [-0.15, -0.1) is 11.6 Å². The average molecular weight is 255 g/mol. The summed E-state index contributed by atoms with van der Waals surface area (Å²) in [7, 11) is 1.70. The number of rotatable bonds is 5. The van der Waals surface area contributed by atoms with Gasteiger partial charge in [-0.25, -0.2) is 4.79 Å². The van der Waals surface area contributed by atoms with Gasteiger partial charge in [0.1, 0.15) is 0 Å². The number of alkyl halides is 1. The second kappa shape index (κ2) is 5.38. The van der Waals surface area contributed by atoms with Crippen molar-refractivity contribution in [2.45, 2.75) is 13.0 Å². The molecule has 2 aromatic rings. The molecule has 0 saturated carbocycles. The Morgan fingerprint density at radius 2 is 2.29 bits per heavy atom. The lowest BCUT2D eigenvalue weighted by Crippen LogP contribution is -2.14. The molecule has 0 bridgehead atoms. The van der Waals surface area contributed by atoms with Crippen LogP contribution in [0, 0.1) is 0 Å². The van der Waals surface area contributed by atoms with Crippen molar-refractivity contribution in [2.24, 2.45) is 7.05 Å². The van der Waals surface area contributed by atoms with Gasteiger partial charge in [0.2, 0.25) is 0 Å². The van der Waals surface area contributed by atoms with Gasteiger partial charge in [-0.2, -0.15) is 0 Å². The number of oxazole rings is 1. The largest absolute Gasteiger partial charge is 0.419 e. The molecule has 4 nitrogen and oxygen atoms in total. The predicted molar refractivity (Wildman–Crippen MR) is 68.5 cm³/mol. The van der Waals surface area contributed by atoms with Gasteiger partial charge in [0.25, 0.3) is 0 Å². The molecule has 0 fully saturated rings. The maximum atomic E-state index is 11.3. The van der Waals surface area contributed by atoms with E-state index < -0.39 is 0 Å². The minimum atomic E-state index is -0.327. The Kier molecular flexibility index (Phi) is 3.86. The van der Waals surface area contributed by atoms with Crippen LogP contribution >= 0.6 is 11.6 Å². The Morgan fingerprint density at radius 1 is 1.47 bits per heavy atom. The Balaban J connectivity index is 2.12. The molecule has 0 aliphatic rings. The molecule has 1 heterocycles. The van der Waals surface area contributed by atoms with Gasteiger partial charge in [0.05, 0.1) is 5.52 Å². The minimum Gasteiger partial charge on any atom is -0.408 e. The Hall–Kier alpha value is -1.26. The molecule has 17 heavy (non-hydrogen) atoms. The second-order valence-electron chi connectivity index (χ2n) is 3.95. The van der Waals surface area contributed by atoms with Crippen LogP contribution in [0.5, 0.6) is 0 Å². The van der Waals surface area contributed by atoms with Gasteiger partial charge in [0.15, 0.2) is 5.58 Å². The summed E-state index contributed by atoms with van der Waals surface area (Å²) in [5, 5.41) is 3.28. The molecule has 1 aromatic heterocycles. The van der Waals surface area contributed by atoms with Crippen molar-refractivity contribution in [3.8, 4) is 0 Å². The highest BCUT2D eigenvalue weighted by atomic mass is 35.5. The van der Waals surface area contributed by atoms with E-state index in [1.54, 1.807) is 7.05 Å². The third kappa shape index (κ3) is 2.70. The maximum absolute atomic E-state index is 11.3. The summed E-state index contributed by atoms with van der Waals surface area (Å²) in [5.74, 6) is 0.340. The van der Waals surface area contributed by atoms with Crippen LogP contribution in [0.15, 0.2) is 27.4 Å². The summed E-state index contributed by atoms with van der Waals surface area (Å²) in [6, 6.07) is 5.79. The van der Waals surface area contributed by atoms with Crippen molar-refractivity contribution in [2.75, 3.05) is 12.4 Å². The quantitative estimate of drug-likeness (QED) is 0.654. The highest BCUT2D eigenvalue weighted by Gasteiger charge is 2.05. The van der Waals surface area contributed by atoms with Crippen LogP contribution in [-0.4, -0.2) is 17.0 Å². The van der Waals surface area contributed by atoms with Crippen molar-refractivity contribution in [3.63, 3.8) is 0 Å². The lowest BCUT2D eigenvalue weighted by molar-refractivity contribution is 0.527. The molecule has 92 valence electrons. The molecule has 0 amide bonds. The fraction of sp³-hybridized carbons (Fsp3) is 0.417. The number of nitrogens with zero attached hydrogens (tertiary/aromatic N) is 1. The summed E-state index contributed by atoms with van der Waals surface area (Å²) < 4.78 is 6.63. The highest BCUT2D eigenvalue weighted by molar-refractivity contribution is 6.17. The van der Waals surface area contributed by atoms with Crippen molar-refractivity contribution >= 4 is 22.7 Å². The summed E-state index contributed by atoms with van der Waals surface area (Å²) in [5.41, 5.74) is 2.55. The molecule has 0 atom stereocenters. The first-order valence-electron chi connectivity index (χ1n) is 5.57. The smallest absolute Gasteiger partial charge is 0.408 e. The SMILES string of the molecule is Cn1c(=O)oc2cc(CNCCCCl)ccc21. The van der Waals surface area contributed by atoms with Gasteiger partial charge in [-0.3, -0.25) is 4.57 Å². The standard InChI is InChI=1S/C12H15ClN2O2/c1-15-10-4-3-9(8-14-6-2-5-13)7-11(10)17-12(15)16/h3-4,7,14H,2,5-6,8H2,1H3. The molecule has 0 aliphatic heterocycles. The fourth-order valence-electron chi connectivity index (χ4n) is 1.71. The third-order valence-corrected chi connectivity index (χ3v) is 2.94. The number of aryl methyl sites for hydroxylation is 1. The van der Waals surface area contributed by atoms with Crippen molar-refractivity contribution in [1.29, 1.82) is 0 Å². The number of nitrogens with one attached hydrogen (secondary N) is 1. The summed E-state index contributed by atoms with van der Waals surface area (Å²) in [4.78, 5) is 11.3. The van der Waals surface area contributed by atoms with E-state index in [2.05, 4.69) is 5.32 Å². The van der Waals surface area contributed by atoms with E-state index in [9.17, 15) is 4.79 Å². The molecule has 1 N–H and O–H groups in total. The zero-order valence-electron chi connectivity index (χ0n) is 9.70. The molecule has 0 saturated heterocycles. The minimum absolute atomic E-state index is 0.327. The lowest BCUT2D eigenvalue weighted by Gasteiger charge is -2.03. The van der Waals surface area contributed by atoms with Crippen LogP contribution in [0.2, 0.25) is 0 Å². The number of halogens is 1. The number of aromatic nitrogens is 1. The van der Waals surface area contributed by atoms with Crippen molar-refractivity contribution in [3.05, 3.63) is 34.3 Å². The Bertz CT molecular complexity index is 559. The normalized spacial score (nSPS) is 11.2. The monoisotopic (exact) mass is 254 g/mol. The van der Waals surface area contributed by atoms with E-state index in [0.717, 1.165) is 30.6 Å². The van der Waals surface area contributed by atoms with Crippen molar-refractivity contribution in [1.82, 2.24) is 9.88 Å². The topological polar surface area (TPSA) is 47.2 Å². The first kappa shape index (κ1) is 12.2. The van der Waals surface area contributed by atoms with E-state index in [0.29, 0.717) is 11.5 Å². The molecular formula is C12H15ClN2O2. The van der Waals surface area contributed by atoms with Gasteiger partial charge < -0.3 is 9.73 Å². The van der Waals surface area contributed by atoms with Crippen LogP contribution in [-0.2, 0) is 13.6 Å². The van der Waals surface area contributed by atoms with E-state index in [4.69, 9.17) is 16.0 Å². The van der Waals surface area contributed by atoms with Gasteiger partial charge in [0, 0.05) is 19.5 Å². The molecular weight excluding hydrogens is 240 g/mol. The molecule has 1 aromatic carbocycles. The van der Waals surface area contributed by atoms with Crippen LogP contribution in [0.1, 0.15) is 12.0 Å². The van der Waals surface area contributed by atoms with E-state index in [1.165, 1.54) is 4.57 Å². The number of hydrogen-bond acceptors (Lipinski definition) is 3. The van der Waals surface area contributed by atoms with Crippen LogP contribution in [0.3, 0.4) is 0 Å². The molecule has 5 heteroatoms. The third-order valence-electron chi connectivity index (χ3n) is 2.67. The van der Waals surface area contributed by atoms with Crippen LogP contribution in [0.25, 0.3) is 11.1 Å². The second-order valence-corrected chi connectivity index (χ2v) is 4.33. The highest BCUT2D eigenvalue weighted by Crippen LogP contribution is 2.13. The average Bonchev–Trinajstić information content (AvgIpc) is 2.61. The molecule has 0 unspecified atom stereocenters. The van der Waals surface area contributed by atoms with Crippen LogP contribution in [0.4, 0.5) is 0 Å². The lowest BCUT2D eigenvalue weighted by atomic mass is 10.2. The molecule has 2 rings (SSSR count). The zero-order chi connectivity index (χ0) is 12.3. The first-order chi connectivity index (χ1) is 8.22. The summed E-state index contributed by atoms with van der Waals surface area (Å²) in [6.07, 6.45) is 0.949. The van der Waals surface area contributed by atoms with E-state index in [-0.39, 0.29) is 5.76 Å². The van der Waals surface area contributed by atoms with Crippen LogP contribution < -0.4 is 11.1 Å². The molecule has 0 spiro atoms. The first-order valence-corrected chi connectivity index (χ1v) is 6.11. The Labute approximate surface area is 104 Å². The van der Waals surface area contributed by atoms with Gasteiger partial charge in [-0.1, -0.05) is 6.07 Å². The number of benzene rings is 1. The van der Waals surface area contributed by atoms with Gasteiger partial charge in [-0.05, 0) is 30.7 Å². The Morgan fingerprint density at radius 3 is 3.06 bits per heavy atom. The van der Waals surface area contributed by atoms with E-state index >= 15 is 0 Å². The number of hydrogen-bond donors (Lipinski definition) is 1. The summed E-state index contributed by atoms with van der Waals surface area (Å²) >= 11 is 5.59. The van der Waals surface area contributed by atoms with E-state index in [1.807, 2.05) is 18.2 Å². The zero-order valence-corrected chi connectivity index (χ0v) is 10.5. The predicted octanol–water partition coefficient (Wildman–Crippen LogP) is 1.85. The molecule has 0 radical (unpaired) electrons. The van der Waals surface area contributed by atoms with Gasteiger partial charge >= 0.3 is 5.76 Å². The molecule has 0 aliphatic carbocycles. The summed E-state index contributed by atoms with van der Waals surface area (Å²) in [6.45, 7) is 1.64.